The number of ether oxygens (including phenoxy) is 1. The number of carbonyl (C=O) groups excluding carboxylic acids is 1. The van der Waals surface area contributed by atoms with Crippen LogP contribution >= 0.6 is 11.6 Å². The number of nitro benzene ring substituents is 1. The van der Waals surface area contributed by atoms with Crippen molar-refractivity contribution in [2.75, 3.05) is 6.61 Å². The lowest BCUT2D eigenvalue weighted by atomic mass is 10.2. The van der Waals surface area contributed by atoms with Crippen molar-refractivity contribution in [2.24, 2.45) is 0 Å². The largest absolute Gasteiger partial charge is 0.459 e. The SMILES string of the molecule is CCOC(=O)c1nnc(-c2c(Cl)cccc2[N+](=O)[O-])o1. The lowest BCUT2D eigenvalue weighted by Crippen LogP contribution is -2.04. The Labute approximate surface area is 117 Å². The van der Waals surface area contributed by atoms with Crippen LogP contribution in [0.4, 0.5) is 5.69 Å². The van der Waals surface area contributed by atoms with E-state index in [4.69, 9.17) is 16.0 Å². The highest BCUT2D eigenvalue weighted by molar-refractivity contribution is 6.33. The Kier molecular flexibility index (Phi) is 3.94. The molecular formula is C11H8ClN3O5. The molecule has 0 aliphatic rings. The summed E-state index contributed by atoms with van der Waals surface area (Å²) in [6.45, 7) is 1.76. The highest BCUT2D eigenvalue weighted by atomic mass is 35.5. The van der Waals surface area contributed by atoms with Gasteiger partial charge in [0, 0.05) is 6.07 Å². The Bertz CT molecular complexity index is 670. The first-order valence-electron chi connectivity index (χ1n) is 5.48. The van der Waals surface area contributed by atoms with Gasteiger partial charge in [-0.1, -0.05) is 17.7 Å². The lowest BCUT2D eigenvalue weighted by molar-refractivity contribution is -0.384. The zero-order valence-corrected chi connectivity index (χ0v) is 11.0. The van der Waals surface area contributed by atoms with E-state index < -0.39 is 16.8 Å². The zero-order valence-electron chi connectivity index (χ0n) is 10.2. The van der Waals surface area contributed by atoms with Crippen molar-refractivity contribution in [3.8, 4) is 11.5 Å². The minimum atomic E-state index is -0.805. The van der Waals surface area contributed by atoms with Gasteiger partial charge in [0.1, 0.15) is 5.56 Å². The standard InChI is InChI=1S/C11H8ClN3O5/c1-2-19-11(16)10-14-13-9(20-10)8-6(12)4-3-5-7(8)15(17)18/h3-5H,2H2,1H3. The summed E-state index contributed by atoms with van der Waals surface area (Å²) in [6, 6.07) is 4.11. The van der Waals surface area contributed by atoms with Crippen LogP contribution in [0.1, 0.15) is 17.6 Å². The summed E-state index contributed by atoms with van der Waals surface area (Å²) in [5.74, 6) is -1.41. The van der Waals surface area contributed by atoms with E-state index in [0.29, 0.717) is 0 Å². The molecular weight excluding hydrogens is 290 g/mol. The van der Waals surface area contributed by atoms with Crippen molar-refractivity contribution >= 4 is 23.3 Å². The third-order valence-corrected chi connectivity index (χ3v) is 2.59. The molecule has 0 unspecified atom stereocenters. The number of carbonyl (C=O) groups is 1. The van der Waals surface area contributed by atoms with Crippen molar-refractivity contribution in [2.45, 2.75) is 6.92 Å². The molecule has 0 atom stereocenters. The van der Waals surface area contributed by atoms with Gasteiger partial charge in [0.2, 0.25) is 0 Å². The summed E-state index contributed by atoms with van der Waals surface area (Å²) >= 11 is 5.91. The summed E-state index contributed by atoms with van der Waals surface area (Å²) in [5.41, 5.74) is -0.334. The van der Waals surface area contributed by atoms with Crippen LogP contribution in [-0.4, -0.2) is 27.7 Å². The number of halogens is 1. The van der Waals surface area contributed by atoms with Crippen molar-refractivity contribution < 1.29 is 18.9 Å². The van der Waals surface area contributed by atoms with Crippen LogP contribution in [0.3, 0.4) is 0 Å². The molecule has 1 aromatic carbocycles. The van der Waals surface area contributed by atoms with Gasteiger partial charge in [-0.3, -0.25) is 10.1 Å². The van der Waals surface area contributed by atoms with Crippen molar-refractivity contribution in [3.63, 3.8) is 0 Å². The molecule has 0 aliphatic heterocycles. The van der Waals surface area contributed by atoms with Crippen LogP contribution in [0.25, 0.3) is 11.5 Å². The smallest absolute Gasteiger partial charge is 0.396 e. The van der Waals surface area contributed by atoms with Gasteiger partial charge in [-0.25, -0.2) is 4.79 Å². The van der Waals surface area contributed by atoms with E-state index in [1.165, 1.54) is 18.2 Å². The molecule has 0 amide bonds. The van der Waals surface area contributed by atoms with E-state index >= 15 is 0 Å². The minimum absolute atomic E-state index is 0.0396. The average Bonchev–Trinajstić information content (AvgIpc) is 2.88. The van der Waals surface area contributed by atoms with Gasteiger partial charge in [0.05, 0.1) is 16.6 Å². The maximum absolute atomic E-state index is 11.4. The minimum Gasteiger partial charge on any atom is -0.459 e. The van der Waals surface area contributed by atoms with Gasteiger partial charge in [0.25, 0.3) is 11.6 Å². The highest BCUT2D eigenvalue weighted by Crippen LogP contribution is 2.35. The zero-order chi connectivity index (χ0) is 14.7. The van der Waals surface area contributed by atoms with Gasteiger partial charge < -0.3 is 9.15 Å². The summed E-state index contributed by atoms with van der Waals surface area (Å²) < 4.78 is 9.75. The predicted molar refractivity (Wildman–Crippen MR) is 67.4 cm³/mol. The van der Waals surface area contributed by atoms with Crippen LogP contribution in [0.15, 0.2) is 22.6 Å². The molecule has 0 bridgehead atoms. The van der Waals surface area contributed by atoms with Gasteiger partial charge >= 0.3 is 11.9 Å². The second-order valence-corrected chi connectivity index (χ2v) is 3.93. The second-order valence-electron chi connectivity index (χ2n) is 3.52. The van der Waals surface area contributed by atoms with Crippen LogP contribution in [0.2, 0.25) is 5.02 Å². The second kappa shape index (κ2) is 5.66. The highest BCUT2D eigenvalue weighted by Gasteiger charge is 2.25. The first-order chi connectivity index (χ1) is 9.54. The van der Waals surface area contributed by atoms with Crippen LogP contribution in [-0.2, 0) is 4.74 Å². The molecule has 0 N–H and O–H groups in total. The monoisotopic (exact) mass is 297 g/mol. The fraction of sp³-hybridized carbons (Fsp3) is 0.182. The van der Waals surface area contributed by atoms with Gasteiger partial charge in [-0.15, -0.1) is 10.2 Å². The average molecular weight is 298 g/mol. The molecule has 1 heterocycles. The number of hydrogen-bond donors (Lipinski definition) is 0. The molecule has 0 aliphatic carbocycles. The number of esters is 1. The number of aromatic nitrogens is 2. The predicted octanol–water partition coefficient (Wildman–Crippen LogP) is 2.47. The molecule has 0 saturated carbocycles. The van der Waals surface area contributed by atoms with Gasteiger partial charge in [0.15, 0.2) is 0 Å². The Balaban J connectivity index is 2.47. The summed E-state index contributed by atoms with van der Waals surface area (Å²) in [7, 11) is 0. The first-order valence-corrected chi connectivity index (χ1v) is 5.86. The number of hydrogen-bond acceptors (Lipinski definition) is 7. The van der Waals surface area contributed by atoms with Crippen molar-refractivity contribution in [1.29, 1.82) is 0 Å². The molecule has 2 aromatic rings. The van der Waals surface area contributed by atoms with E-state index in [0.717, 1.165) is 0 Å². The lowest BCUT2D eigenvalue weighted by Gasteiger charge is -2.00. The molecule has 20 heavy (non-hydrogen) atoms. The molecule has 0 fully saturated rings. The van der Waals surface area contributed by atoms with E-state index in [1.807, 2.05) is 0 Å². The van der Waals surface area contributed by atoms with E-state index in [2.05, 4.69) is 14.9 Å². The van der Waals surface area contributed by atoms with Crippen LogP contribution in [0, 0.1) is 10.1 Å². The normalized spacial score (nSPS) is 10.3. The Morgan fingerprint density at radius 2 is 2.25 bits per heavy atom. The summed E-state index contributed by atoms with van der Waals surface area (Å²) in [5, 5.41) is 18.1. The maximum Gasteiger partial charge on any atom is 0.396 e. The van der Waals surface area contributed by atoms with Crippen molar-refractivity contribution in [1.82, 2.24) is 10.2 Å². The molecule has 8 nitrogen and oxygen atoms in total. The van der Waals surface area contributed by atoms with Crippen LogP contribution < -0.4 is 0 Å². The topological polar surface area (TPSA) is 108 Å². The van der Waals surface area contributed by atoms with Gasteiger partial charge in [-0.05, 0) is 13.0 Å². The fourth-order valence-corrected chi connectivity index (χ4v) is 1.73. The van der Waals surface area contributed by atoms with Crippen LogP contribution in [0.5, 0.6) is 0 Å². The summed E-state index contributed by atoms with van der Waals surface area (Å²) in [6.07, 6.45) is 0. The molecule has 0 radical (unpaired) electrons. The molecule has 104 valence electrons. The van der Waals surface area contributed by atoms with E-state index in [-0.39, 0.29) is 28.8 Å². The molecule has 0 saturated heterocycles. The molecule has 0 spiro atoms. The van der Waals surface area contributed by atoms with E-state index in [9.17, 15) is 14.9 Å². The maximum atomic E-state index is 11.4. The van der Waals surface area contributed by atoms with E-state index in [1.54, 1.807) is 6.92 Å². The third-order valence-electron chi connectivity index (χ3n) is 2.28. The molecule has 2 rings (SSSR count). The Morgan fingerprint density at radius 3 is 2.90 bits per heavy atom. The Morgan fingerprint density at radius 1 is 1.50 bits per heavy atom. The Hall–Kier alpha value is -2.48. The molecule has 9 heteroatoms. The number of rotatable bonds is 4. The fourth-order valence-electron chi connectivity index (χ4n) is 1.48. The number of nitro groups is 1. The number of nitrogens with zero attached hydrogens (tertiary/aromatic N) is 3. The number of benzene rings is 1. The van der Waals surface area contributed by atoms with Gasteiger partial charge in [-0.2, -0.15) is 0 Å². The summed E-state index contributed by atoms with van der Waals surface area (Å²) in [4.78, 5) is 21.7. The quantitative estimate of drug-likeness (QED) is 0.484. The third kappa shape index (κ3) is 2.59. The molecule has 1 aromatic heterocycles. The first kappa shape index (κ1) is 13.9. The van der Waals surface area contributed by atoms with Crippen molar-refractivity contribution in [3.05, 3.63) is 39.2 Å².